The number of hydrogen-bond donors (Lipinski definition) is 1. The monoisotopic (exact) mass is 349 g/mol. The van der Waals surface area contributed by atoms with Crippen molar-refractivity contribution in [3.8, 4) is 0 Å². The Morgan fingerprint density at radius 3 is 2.71 bits per heavy atom. The van der Waals surface area contributed by atoms with E-state index in [1.165, 1.54) is 31.6 Å². The van der Waals surface area contributed by atoms with E-state index in [1.807, 2.05) is 0 Å². The van der Waals surface area contributed by atoms with Crippen molar-refractivity contribution in [2.45, 2.75) is 25.8 Å². The average Bonchev–Trinajstić information content (AvgIpc) is 2.46. The molecule has 2 N–H and O–H groups in total. The molecule has 114 valence electrons. The zero-order chi connectivity index (χ0) is 15.0. The normalized spacial score (nSPS) is 23.9. The molecule has 3 rings (SSSR count). The van der Waals surface area contributed by atoms with Crippen molar-refractivity contribution in [3.05, 3.63) is 34.3 Å². The lowest BCUT2D eigenvalue weighted by molar-refractivity contribution is 0.220. The standard InChI is InChI=1S/C17H24BrN3/c1-12-10-16(19)14-4-3-5-15(18)17(14)21(12)11-13-6-8-20(2)9-7-13/h3-5,10,12-13H,6-9,11,19H2,1-2H3. The Morgan fingerprint density at radius 2 is 2.00 bits per heavy atom. The van der Waals surface area contributed by atoms with Crippen LogP contribution in [0.3, 0.4) is 0 Å². The van der Waals surface area contributed by atoms with Gasteiger partial charge < -0.3 is 15.5 Å². The fourth-order valence-corrected chi connectivity index (χ4v) is 4.06. The smallest absolute Gasteiger partial charge is 0.0609 e. The molecule has 0 amide bonds. The van der Waals surface area contributed by atoms with Crippen LogP contribution in [0.4, 0.5) is 5.69 Å². The minimum absolute atomic E-state index is 0.357. The van der Waals surface area contributed by atoms with Crippen LogP contribution in [0.1, 0.15) is 25.3 Å². The summed E-state index contributed by atoms with van der Waals surface area (Å²) in [6.45, 7) is 5.79. The van der Waals surface area contributed by atoms with Crippen molar-refractivity contribution in [2.24, 2.45) is 11.7 Å². The second-order valence-electron chi connectivity index (χ2n) is 6.40. The molecule has 0 spiro atoms. The van der Waals surface area contributed by atoms with E-state index in [-0.39, 0.29) is 0 Å². The molecule has 1 aromatic carbocycles. The molecule has 2 aliphatic rings. The molecule has 1 aromatic rings. The molecule has 2 aliphatic heterocycles. The van der Waals surface area contributed by atoms with Crippen LogP contribution in [0, 0.1) is 5.92 Å². The van der Waals surface area contributed by atoms with Crippen molar-refractivity contribution in [1.29, 1.82) is 0 Å². The maximum atomic E-state index is 6.23. The molecule has 4 heteroatoms. The number of hydrogen-bond acceptors (Lipinski definition) is 3. The quantitative estimate of drug-likeness (QED) is 0.888. The summed E-state index contributed by atoms with van der Waals surface area (Å²) in [5, 5.41) is 0. The third-order valence-electron chi connectivity index (χ3n) is 4.79. The first-order valence-electron chi connectivity index (χ1n) is 7.77. The van der Waals surface area contributed by atoms with Gasteiger partial charge in [-0.05, 0) is 73.9 Å². The van der Waals surface area contributed by atoms with Crippen LogP contribution in [0.25, 0.3) is 5.70 Å². The van der Waals surface area contributed by atoms with Crippen molar-refractivity contribution in [3.63, 3.8) is 0 Å². The van der Waals surface area contributed by atoms with Crippen molar-refractivity contribution >= 4 is 27.3 Å². The molecule has 3 nitrogen and oxygen atoms in total. The van der Waals surface area contributed by atoms with E-state index < -0.39 is 0 Å². The highest BCUT2D eigenvalue weighted by molar-refractivity contribution is 9.10. The summed E-state index contributed by atoms with van der Waals surface area (Å²) in [7, 11) is 2.22. The largest absolute Gasteiger partial charge is 0.398 e. The topological polar surface area (TPSA) is 32.5 Å². The van der Waals surface area contributed by atoms with Gasteiger partial charge in [0.25, 0.3) is 0 Å². The molecule has 21 heavy (non-hydrogen) atoms. The van der Waals surface area contributed by atoms with Gasteiger partial charge in [-0.2, -0.15) is 0 Å². The van der Waals surface area contributed by atoms with Crippen molar-refractivity contribution in [2.75, 3.05) is 31.6 Å². The summed E-state index contributed by atoms with van der Waals surface area (Å²) >= 11 is 3.72. The first-order chi connectivity index (χ1) is 10.1. The van der Waals surface area contributed by atoms with Crippen molar-refractivity contribution in [1.82, 2.24) is 4.90 Å². The molecule has 2 heterocycles. The Balaban J connectivity index is 1.85. The van der Waals surface area contributed by atoms with Gasteiger partial charge in [0.15, 0.2) is 0 Å². The first kappa shape index (κ1) is 14.9. The van der Waals surface area contributed by atoms with Crippen LogP contribution in [0.15, 0.2) is 28.7 Å². The molecule has 0 radical (unpaired) electrons. The van der Waals surface area contributed by atoms with Crippen molar-refractivity contribution < 1.29 is 0 Å². The number of anilines is 1. The number of piperidine rings is 1. The maximum Gasteiger partial charge on any atom is 0.0609 e. The molecular weight excluding hydrogens is 326 g/mol. The lowest BCUT2D eigenvalue weighted by Crippen LogP contribution is -2.42. The Hall–Kier alpha value is -1.00. The number of para-hydroxylation sites is 1. The van der Waals surface area contributed by atoms with Gasteiger partial charge in [0.1, 0.15) is 0 Å². The number of likely N-dealkylation sites (tertiary alicyclic amines) is 1. The molecule has 1 fully saturated rings. The average molecular weight is 350 g/mol. The zero-order valence-electron chi connectivity index (χ0n) is 12.8. The van der Waals surface area contributed by atoms with Crippen LogP contribution in [-0.4, -0.2) is 37.6 Å². The summed E-state index contributed by atoms with van der Waals surface area (Å²) in [4.78, 5) is 4.95. The number of fused-ring (bicyclic) bond motifs is 1. The number of benzene rings is 1. The predicted molar refractivity (Wildman–Crippen MR) is 93.3 cm³/mol. The van der Waals surface area contributed by atoms with E-state index in [0.717, 1.165) is 28.2 Å². The highest BCUT2D eigenvalue weighted by Gasteiger charge is 2.28. The minimum atomic E-state index is 0.357. The number of halogens is 1. The second kappa shape index (κ2) is 6.01. The fraction of sp³-hybridized carbons (Fsp3) is 0.529. The third-order valence-corrected chi connectivity index (χ3v) is 5.43. The lowest BCUT2D eigenvalue weighted by atomic mass is 9.93. The molecule has 1 unspecified atom stereocenters. The van der Waals surface area contributed by atoms with Crippen LogP contribution < -0.4 is 10.6 Å². The van der Waals surface area contributed by atoms with Gasteiger partial charge in [-0.3, -0.25) is 0 Å². The van der Waals surface area contributed by atoms with Gasteiger partial charge in [-0.25, -0.2) is 0 Å². The van der Waals surface area contributed by atoms with Crippen LogP contribution in [-0.2, 0) is 0 Å². The van der Waals surface area contributed by atoms with E-state index in [4.69, 9.17) is 5.73 Å². The summed E-state index contributed by atoms with van der Waals surface area (Å²) in [5.41, 5.74) is 9.56. The van der Waals surface area contributed by atoms with E-state index in [0.29, 0.717) is 6.04 Å². The summed E-state index contributed by atoms with van der Waals surface area (Å²) in [6, 6.07) is 6.66. The third kappa shape index (κ3) is 2.97. The molecule has 1 atom stereocenters. The summed E-state index contributed by atoms with van der Waals surface area (Å²) in [5.74, 6) is 0.774. The molecular formula is C17H24BrN3. The molecule has 0 aromatic heterocycles. The van der Waals surface area contributed by atoms with E-state index in [9.17, 15) is 0 Å². The Morgan fingerprint density at radius 1 is 1.29 bits per heavy atom. The van der Waals surface area contributed by atoms with Gasteiger partial charge in [0.05, 0.1) is 5.69 Å². The minimum Gasteiger partial charge on any atom is -0.398 e. The number of nitrogens with two attached hydrogens (primary N) is 1. The van der Waals surface area contributed by atoms with E-state index in [2.05, 4.69) is 64.0 Å². The Labute approximate surface area is 135 Å². The summed E-state index contributed by atoms with van der Waals surface area (Å²) in [6.07, 6.45) is 4.77. The molecule has 0 aliphatic carbocycles. The van der Waals surface area contributed by atoms with Gasteiger partial charge >= 0.3 is 0 Å². The van der Waals surface area contributed by atoms with E-state index >= 15 is 0 Å². The Bertz CT molecular complexity index is 547. The van der Waals surface area contributed by atoms with Gasteiger partial charge in [0, 0.05) is 28.3 Å². The number of nitrogens with zero attached hydrogens (tertiary/aromatic N) is 2. The Kier molecular flexibility index (Phi) is 4.27. The highest BCUT2D eigenvalue weighted by Crippen LogP contribution is 2.38. The number of rotatable bonds is 2. The van der Waals surface area contributed by atoms with Gasteiger partial charge in [-0.15, -0.1) is 0 Å². The van der Waals surface area contributed by atoms with Gasteiger partial charge in [0.2, 0.25) is 0 Å². The van der Waals surface area contributed by atoms with E-state index in [1.54, 1.807) is 0 Å². The first-order valence-corrected chi connectivity index (χ1v) is 8.57. The molecule has 1 saturated heterocycles. The summed E-state index contributed by atoms with van der Waals surface area (Å²) < 4.78 is 1.15. The van der Waals surface area contributed by atoms with Crippen LogP contribution in [0.2, 0.25) is 0 Å². The van der Waals surface area contributed by atoms with Crippen LogP contribution in [0.5, 0.6) is 0 Å². The van der Waals surface area contributed by atoms with Gasteiger partial charge in [-0.1, -0.05) is 12.1 Å². The fourth-order valence-electron chi connectivity index (χ4n) is 3.46. The zero-order valence-corrected chi connectivity index (χ0v) is 14.4. The highest BCUT2D eigenvalue weighted by atomic mass is 79.9. The lowest BCUT2D eigenvalue weighted by Gasteiger charge is -2.40. The SMILES string of the molecule is CC1C=C(N)c2cccc(Br)c2N1CC1CCN(C)CC1. The second-order valence-corrected chi connectivity index (χ2v) is 7.25. The van der Waals surface area contributed by atoms with Crippen LogP contribution >= 0.6 is 15.9 Å². The predicted octanol–water partition coefficient (Wildman–Crippen LogP) is 3.30. The molecule has 0 saturated carbocycles. The maximum absolute atomic E-state index is 6.23. The molecule has 0 bridgehead atoms.